The minimum absolute atomic E-state index is 0.0642. The number of carboxylic acid groups (broad SMARTS) is 1. The Morgan fingerprint density at radius 2 is 1.95 bits per heavy atom. The van der Waals surface area contributed by atoms with Gasteiger partial charge in [0, 0.05) is 42.8 Å². The molecule has 1 saturated carbocycles. The predicted octanol–water partition coefficient (Wildman–Crippen LogP) is 5.71. The van der Waals surface area contributed by atoms with Gasteiger partial charge in [0.2, 0.25) is 0 Å². The van der Waals surface area contributed by atoms with E-state index in [-0.39, 0.29) is 23.5 Å². The van der Waals surface area contributed by atoms with E-state index in [1.54, 1.807) is 36.7 Å². The summed E-state index contributed by atoms with van der Waals surface area (Å²) in [5.74, 6) is 0.674. The van der Waals surface area contributed by atoms with Crippen LogP contribution in [-0.2, 0) is 11.2 Å². The number of benzene rings is 1. The first-order valence-corrected chi connectivity index (χ1v) is 13.5. The van der Waals surface area contributed by atoms with Crippen LogP contribution in [0.3, 0.4) is 0 Å². The van der Waals surface area contributed by atoms with E-state index in [0.29, 0.717) is 30.8 Å². The van der Waals surface area contributed by atoms with E-state index in [4.69, 9.17) is 9.47 Å². The van der Waals surface area contributed by atoms with Crippen molar-refractivity contribution in [2.45, 2.75) is 59.0 Å². The zero-order chi connectivity index (χ0) is 28.4. The van der Waals surface area contributed by atoms with Crippen LogP contribution in [0, 0.1) is 18.8 Å². The minimum Gasteiger partial charge on any atom is -0.493 e. The van der Waals surface area contributed by atoms with Crippen LogP contribution >= 0.6 is 0 Å². The van der Waals surface area contributed by atoms with E-state index < -0.39 is 12.6 Å². The van der Waals surface area contributed by atoms with E-state index in [1.165, 1.54) is 0 Å². The lowest BCUT2D eigenvalue weighted by Gasteiger charge is -2.30. The SMILES string of the molecule is CCOc1cc2[nH]c(C)c(Cc3ccccc3OC(F)F)[n+]2cc1-c1cnc(C2CCC(C(=O)O)C(C)C2)nc1. The highest BCUT2D eigenvalue weighted by atomic mass is 19.3. The molecule has 0 saturated heterocycles. The number of aliphatic carboxylic acids is 1. The number of aryl methyl sites for hydroxylation is 1. The Hall–Kier alpha value is -4.08. The van der Waals surface area contributed by atoms with Crippen LogP contribution in [0.5, 0.6) is 11.5 Å². The summed E-state index contributed by atoms with van der Waals surface area (Å²) in [7, 11) is 0. The molecule has 0 bridgehead atoms. The summed E-state index contributed by atoms with van der Waals surface area (Å²) in [6, 6.07) is 8.71. The molecule has 10 heteroatoms. The maximum Gasteiger partial charge on any atom is 0.387 e. The Morgan fingerprint density at radius 3 is 2.62 bits per heavy atom. The summed E-state index contributed by atoms with van der Waals surface area (Å²) in [6.07, 6.45) is 8.00. The molecule has 0 radical (unpaired) electrons. The Kier molecular flexibility index (Phi) is 7.95. The lowest BCUT2D eigenvalue weighted by atomic mass is 9.74. The molecule has 5 rings (SSSR count). The molecule has 2 N–H and O–H groups in total. The molecule has 1 aliphatic rings. The summed E-state index contributed by atoms with van der Waals surface area (Å²) >= 11 is 0. The van der Waals surface area contributed by atoms with Crippen molar-refractivity contribution in [2.24, 2.45) is 11.8 Å². The van der Waals surface area contributed by atoms with E-state index >= 15 is 0 Å². The van der Waals surface area contributed by atoms with Gasteiger partial charge in [-0.25, -0.2) is 15.0 Å². The molecule has 3 unspecified atom stereocenters. The van der Waals surface area contributed by atoms with Crippen molar-refractivity contribution in [2.75, 3.05) is 6.61 Å². The average molecular weight is 552 g/mol. The van der Waals surface area contributed by atoms with Gasteiger partial charge in [0.25, 0.3) is 5.65 Å². The molecule has 0 amide bonds. The number of nitrogens with zero attached hydrogens (tertiary/aromatic N) is 3. The Balaban J connectivity index is 1.48. The first-order chi connectivity index (χ1) is 19.2. The zero-order valence-electron chi connectivity index (χ0n) is 22.7. The predicted molar refractivity (Wildman–Crippen MR) is 144 cm³/mol. The molecule has 4 aromatic rings. The zero-order valence-corrected chi connectivity index (χ0v) is 22.7. The summed E-state index contributed by atoms with van der Waals surface area (Å²) in [6.45, 7) is 3.40. The fraction of sp³-hybridized carbons (Fsp3) is 0.400. The Morgan fingerprint density at radius 1 is 1.20 bits per heavy atom. The van der Waals surface area contributed by atoms with Gasteiger partial charge < -0.3 is 14.6 Å². The highest BCUT2D eigenvalue weighted by molar-refractivity contribution is 5.70. The molecule has 3 aromatic heterocycles. The maximum absolute atomic E-state index is 13.0. The third-order valence-corrected chi connectivity index (χ3v) is 7.77. The summed E-state index contributed by atoms with van der Waals surface area (Å²) in [5, 5.41) is 9.44. The summed E-state index contributed by atoms with van der Waals surface area (Å²) in [5.41, 5.74) is 4.81. The summed E-state index contributed by atoms with van der Waals surface area (Å²) in [4.78, 5) is 24.2. The van der Waals surface area contributed by atoms with Crippen LogP contribution in [0.25, 0.3) is 16.8 Å². The number of halogens is 2. The number of hydrogen-bond donors (Lipinski definition) is 2. The van der Waals surface area contributed by atoms with E-state index in [9.17, 15) is 18.7 Å². The highest BCUT2D eigenvalue weighted by Gasteiger charge is 2.34. The van der Waals surface area contributed by atoms with Crippen molar-refractivity contribution < 1.29 is 32.6 Å². The normalized spacial score (nSPS) is 19.2. The molecule has 40 heavy (non-hydrogen) atoms. The smallest absolute Gasteiger partial charge is 0.387 e. The highest BCUT2D eigenvalue weighted by Crippen LogP contribution is 2.39. The van der Waals surface area contributed by atoms with Crippen molar-refractivity contribution in [1.82, 2.24) is 15.0 Å². The van der Waals surface area contributed by atoms with Crippen LogP contribution in [-0.4, -0.2) is 39.2 Å². The van der Waals surface area contributed by atoms with Gasteiger partial charge in [-0.1, -0.05) is 25.1 Å². The summed E-state index contributed by atoms with van der Waals surface area (Å²) < 4.78 is 38.7. The van der Waals surface area contributed by atoms with Crippen LogP contribution in [0.1, 0.15) is 61.8 Å². The first kappa shape index (κ1) is 27.5. The quantitative estimate of drug-likeness (QED) is 0.258. The number of fused-ring (bicyclic) bond motifs is 1. The topological polar surface area (TPSA) is 101 Å². The second kappa shape index (κ2) is 11.6. The molecule has 1 aromatic carbocycles. The van der Waals surface area contributed by atoms with Gasteiger partial charge in [-0.3, -0.25) is 4.79 Å². The van der Waals surface area contributed by atoms with Gasteiger partial charge in [0.05, 0.1) is 24.2 Å². The number of rotatable bonds is 9. The van der Waals surface area contributed by atoms with Crippen molar-refractivity contribution in [3.63, 3.8) is 0 Å². The van der Waals surface area contributed by atoms with E-state index in [1.807, 2.05) is 37.4 Å². The third kappa shape index (κ3) is 5.61. The number of carbonyl (C=O) groups is 1. The van der Waals surface area contributed by atoms with Crippen molar-refractivity contribution in [3.8, 4) is 22.6 Å². The largest absolute Gasteiger partial charge is 0.493 e. The van der Waals surface area contributed by atoms with Gasteiger partial charge in [-0.15, -0.1) is 0 Å². The fourth-order valence-electron chi connectivity index (χ4n) is 5.73. The van der Waals surface area contributed by atoms with Crippen molar-refractivity contribution in [3.05, 3.63) is 71.7 Å². The van der Waals surface area contributed by atoms with Gasteiger partial charge in [-0.05, 0) is 38.2 Å². The van der Waals surface area contributed by atoms with Gasteiger partial charge in [0.15, 0.2) is 5.69 Å². The monoisotopic (exact) mass is 551 g/mol. The second-order valence-electron chi connectivity index (χ2n) is 10.4. The molecular formula is C30H33F2N4O4+. The molecule has 1 aliphatic carbocycles. The lowest BCUT2D eigenvalue weighted by Crippen LogP contribution is -2.28. The average Bonchev–Trinajstić information content (AvgIpc) is 3.22. The molecule has 8 nitrogen and oxygen atoms in total. The second-order valence-corrected chi connectivity index (χ2v) is 10.4. The van der Waals surface area contributed by atoms with Crippen molar-refractivity contribution >= 4 is 11.6 Å². The van der Waals surface area contributed by atoms with Gasteiger partial charge in [0.1, 0.15) is 29.2 Å². The molecule has 3 heterocycles. The number of hydrogen-bond acceptors (Lipinski definition) is 5. The minimum atomic E-state index is -2.91. The molecule has 0 spiro atoms. The van der Waals surface area contributed by atoms with Crippen LogP contribution in [0.15, 0.2) is 48.9 Å². The van der Waals surface area contributed by atoms with Gasteiger partial charge >= 0.3 is 12.6 Å². The Bertz CT molecular complexity index is 1510. The number of aromatic amines is 1. The lowest BCUT2D eigenvalue weighted by molar-refractivity contribution is -0.518. The van der Waals surface area contributed by atoms with Crippen LogP contribution in [0.2, 0.25) is 0 Å². The number of alkyl halides is 2. The third-order valence-electron chi connectivity index (χ3n) is 7.77. The molecule has 0 aliphatic heterocycles. The molecule has 210 valence electrons. The number of pyridine rings is 1. The molecule has 1 fully saturated rings. The van der Waals surface area contributed by atoms with Crippen LogP contribution in [0.4, 0.5) is 8.78 Å². The molecule has 3 atom stereocenters. The van der Waals surface area contributed by atoms with E-state index in [0.717, 1.165) is 46.8 Å². The van der Waals surface area contributed by atoms with Crippen LogP contribution < -0.4 is 13.9 Å². The maximum atomic E-state index is 13.0. The number of aromatic nitrogens is 4. The molecular weight excluding hydrogens is 518 g/mol. The Labute approximate surface area is 231 Å². The van der Waals surface area contributed by atoms with E-state index in [2.05, 4.69) is 15.0 Å². The number of ether oxygens (including phenoxy) is 2. The number of nitrogens with one attached hydrogen (secondary N) is 1. The number of imidazole rings is 1. The fourth-order valence-corrected chi connectivity index (χ4v) is 5.73. The number of para-hydroxylation sites is 1. The first-order valence-electron chi connectivity index (χ1n) is 13.5. The number of carboxylic acids is 1. The number of H-pyrrole nitrogens is 1. The van der Waals surface area contributed by atoms with Gasteiger partial charge in [-0.2, -0.15) is 13.2 Å². The van der Waals surface area contributed by atoms with Crippen molar-refractivity contribution in [1.29, 1.82) is 0 Å². The standard InChI is InChI=1S/C30H32F2N4O4/c1-4-39-26-13-27-35-18(3)24(12-19-7-5-6-8-25(19)40-30(31)32)36(27)16-23(26)21-14-33-28(34-15-21)20-9-10-22(29(37)38)17(2)11-20/h5-8,13-17,20,22,30H,4,9-12H2,1-3H3,(H,37,38)/p+1.